The molecule has 2 aromatic carbocycles. The maximum atomic E-state index is 12.6. The van der Waals surface area contributed by atoms with Crippen molar-refractivity contribution >= 4 is 17.5 Å². The number of morpholine rings is 1. The van der Waals surface area contributed by atoms with Crippen LogP contribution in [-0.4, -0.2) is 49.6 Å². The molecule has 0 radical (unpaired) electrons. The molecular formula is C21H24N2O4. The van der Waals surface area contributed by atoms with Crippen molar-refractivity contribution in [1.82, 2.24) is 4.90 Å². The molecule has 2 amide bonds. The minimum atomic E-state index is -0.271. The van der Waals surface area contributed by atoms with Gasteiger partial charge in [0, 0.05) is 24.3 Å². The molecule has 0 aromatic heterocycles. The van der Waals surface area contributed by atoms with E-state index in [1.807, 2.05) is 32.0 Å². The van der Waals surface area contributed by atoms with Crippen LogP contribution in [0.4, 0.5) is 5.69 Å². The van der Waals surface area contributed by atoms with E-state index in [2.05, 4.69) is 5.32 Å². The number of carbonyl (C=O) groups is 2. The third-order valence-corrected chi connectivity index (χ3v) is 4.61. The molecule has 0 saturated carbocycles. The van der Waals surface area contributed by atoms with Gasteiger partial charge in [-0.15, -0.1) is 0 Å². The number of rotatable bonds is 5. The van der Waals surface area contributed by atoms with Crippen LogP contribution in [-0.2, 0) is 9.53 Å². The summed E-state index contributed by atoms with van der Waals surface area (Å²) in [6, 6.07) is 12.7. The molecule has 142 valence electrons. The summed E-state index contributed by atoms with van der Waals surface area (Å²) in [4.78, 5) is 26.5. The van der Waals surface area contributed by atoms with Crippen molar-refractivity contribution in [1.29, 1.82) is 0 Å². The van der Waals surface area contributed by atoms with Crippen molar-refractivity contribution in [3.63, 3.8) is 0 Å². The highest BCUT2D eigenvalue weighted by Gasteiger charge is 2.18. The third kappa shape index (κ3) is 4.86. The molecule has 27 heavy (non-hydrogen) atoms. The Morgan fingerprint density at radius 2 is 1.85 bits per heavy atom. The monoisotopic (exact) mass is 368 g/mol. The minimum Gasteiger partial charge on any atom is -0.483 e. The summed E-state index contributed by atoms with van der Waals surface area (Å²) in [6.45, 7) is 6.14. The molecule has 3 rings (SSSR count). The number of benzene rings is 2. The second kappa shape index (κ2) is 8.68. The molecule has 1 N–H and O–H groups in total. The zero-order valence-corrected chi connectivity index (χ0v) is 15.7. The molecule has 0 bridgehead atoms. The first kappa shape index (κ1) is 18.9. The van der Waals surface area contributed by atoms with Crippen molar-refractivity contribution < 1.29 is 19.1 Å². The van der Waals surface area contributed by atoms with Gasteiger partial charge in [-0.3, -0.25) is 9.59 Å². The quantitative estimate of drug-likeness (QED) is 0.881. The van der Waals surface area contributed by atoms with Crippen molar-refractivity contribution in [2.24, 2.45) is 0 Å². The van der Waals surface area contributed by atoms with Crippen molar-refractivity contribution in [3.05, 3.63) is 59.2 Å². The second-order valence-corrected chi connectivity index (χ2v) is 6.52. The van der Waals surface area contributed by atoms with Crippen LogP contribution in [0.3, 0.4) is 0 Å². The lowest BCUT2D eigenvalue weighted by Gasteiger charge is -2.27. The van der Waals surface area contributed by atoms with Gasteiger partial charge in [0.2, 0.25) is 0 Å². The smallest absolute Gasteiger partial charge is 0.262 e. The lowest BCUT2D eigenvalue weighted by Crippen LogP contribution is -2.40. The Labute approximate surface area is 159 Å². The molecule has 0 spiro atoms. The van der Waals surface area contributed by atoms with E-state index >= 15 is 0 Å². The molecule has 6 nitrogen and oxygen atoms in total. The average molecular weight is 368 g/mol. The number of aryl methyl sites for hydroxylation is 1. The fourth-order valence-corrected chi connectivity index (χ4v) is 2.90. The van der Waals surface area contributed by atoms with Crippen molar-refractivity contribution in [2.45, 2.75) is 13.8 Å². The van der Waals surface area contributed by atoms with Gasteiger partial charge in [0.1, 0.15) is 5.75 Å². The number of ether oxygens (including phenoxy) is 2. The molecule has 1 heterocycles. The van der Waals surface area contributed by atoms with Gasteiger partial charge in [0.05, 0.1) is 13.2 Å². The largest absolute Gasteiger partial charge is 0.483 e. The summed E-state index contributed by atoms with van der Waals surface area (Å²) >= 11 is 0. The Morgan fingerprint density at radius 3 is 2.63 bits per heavy atom. The van der Waals surface area contributed by atoms with Gasteiger partial charge >= 0.3 is 0 Å². The summed E-state index contributed by atoms with van der Waals surface area (Å²) < 4.78 is 10.9. The second-order valence-electron chi connectivity index (χ2n) is 6.52. The normalized spacial score (nSPS) is 13.9. The van der Waals surface area contributed by atoms with Crippen LogP contribution in [0.2, 0.25) is 0 Å². The maximum Gasteiger partial charge on any atom is 0.262 e. The standard InChI is InChI=1S/C21H24N2O4/c1-15-5-3-8-19(16(15)2)27-14-20(24)22-18-7-4-6-17(13-18)21(25)23-9-11-26-12-10-23/h3-8,13H,9-12,14H2,1-2H3,(H,22,24). The highest BCUT2D eigenvalue weighted by atomic mass is 16.5. The van der Waals surface area contributed by atoms with Crippen LogP contribution >= 0.6 is 0 Å². The number of carbonyl (C=O) groups excluding carboxylic acids is 2. The summed E-state index contributed by atoms with van der Waals surface area (Å²) in [7, 11) is 0. The predicted molar refractivity (Wildman–Crippen MR) is 103 cm³/mol. The highest BCUT2D eigenvalue weighted by Crippen LogP contribution is 2.20. The first-order chi connectivity index (χ1) is 13.0. The van der Waals surface area contributed by atoms with Gasteiger partial charge in [-0.2, -0.15) is 0 Å². The van der Waals surface area contributed by atoms with E-state index < -0.39 is 0 Å². The molecule has 0 unspecified atom stereocenters. The van der Waals surface area contributed by atoms with Gasteiger partial charge in [0.25, 0.3) is 11.8 Å². The minimum absolute atomic E-state index is 0.0546. The summed E-state index contributed by atoms with van der Waals surface area (Å²) in [5, 5.41) is 2.79. The molecule has 2 aromatic rings. The Bertz CT molecular complexity index is 829. The molecule has 0 atom stereocenters. The van der Waals surface area contributed by atoms with Crippen LogP contribution < -0.4 is 10.1 Å². The predicted octanol–water partition coefficient (Wildman–Crippen LogP) is 2.79. The molecule has 0 aliphatic carbocycles. The third-order valence-electron chi connectivity index (χ3n) is 4.61. The molecule has 1 saturated heterocycles. The number of hydrogen-bond acceptors (Lipinski definition) is 4. The van der Waals surface area contributed by atoms with E-state index in [1.165, 1.54) is 0 Å². The fourth-order valence-electron chi connectivity index (χ4n) is 2.90. The SMILES string of the molecule is Cc1cccc(OCC(=O)Nc2cccc(C(=O)N3CCOCC3)c2)c1C. The van der Waals surface area contributed by atoms with E-state index in [1.54, 1.807) is 29.2 Å². The Balaban J connectivity index is 1.59. The van der Waals surface area contributed by atoms with Crippen LogP contribution in [0.15, 0.2) is 42.5 Å². The van der Waals surface area contributed by atoms with Crippen LogP contribution in [0.1, 0.15) is 21.5 Å². The summed E-state index contributed by atoms with van der Waals surface area (Å²) in [5.74, 6) is 0.370. The Morgan fingerprint density at radius 1 is 1.11 bits per heavy atom. The summed E-state index contributed by atoms with van der Waals surface area (Å²) in [5.41, 5.74) is 3.25. The number of amides is 2. The number of nitrogens with zero attached hydrogens (tertiary/aromatic N) is 1. The molecule has 1 aliphatic heterocycles. The number of hydrogen-bond donors (Lipinski definition) is 1. The van der Waals surface area contributed by atoms with E-state index in [0.717, 1.165) is 11.1 Å². The zero-order valence-electron chi connectivity index (χ0n) is 15.7. The molecule has 1 fully saturated rings. The van der Waals surface area contributed by atoms with Crippen LogP contribution in [0, 0.1) is 13.8 Å². The van der Waals surface area contributed by atoms with Gasteiger partial charge in [-0.25, -0.2) is 0 Å². The van der Waals surface area contributed by atoms with E-state index in [9.17, 15) is 9.59 Å². The fraction of sp³-hybridized carbons (Fsp3) is 0.333. The topological polar surface area (TPSA) is 67.9 Å². The Hall–Kier alpha value is -2.86. The van der Waals surface area contributed by atoms with Crippen LogP contribution in [0.5, 0.6) is 5.75 Å². The lowest BCUT2D eigenvalue weighted by atomic mass is 10.1. The highest BCUT2D eigenvalue weighted by molar-refractivity contribution is 5.97. The first-order valence-electron chi connectivity index (χ1n) is 9.00. The lowest BCUT2D eigenvalue weighted by molar-refractivity contribution is -0.118. The average Bonchev–Trinajstić information content (AvgIpc) is 2.69. The van der Waals surface area contributed by atoms with E-state index in [0.29, 0.717) is 43.3 Å². The van der Waals surface area contributed by atoms with Crippen molar-refractivity contribution in [3.8, 4) is 5.75 Å². The van der Waals surface area contributed by atoms with Crippen molar-refractivity contribution in [2.75, 3.05) is 38.2 Å². The molecule has 1 aliphatic rings. The van der Waals surface area contributed by atoms with Gasteiger partial charge < -0.3 is 19.7 Å². The van der Waals surface area contributed by atoms with Crippen LogP contribution in [0.25, 0.3) is 0 Å². The van der Waals surface area contributed by atoms with Gasteiger partial charge in [-0.1, -0.05) is 18.2 Å². The molecule has 6 heteroatoms. The Kier molecular flexibility index (Phi) is 6.08. The number of anilines is 1. The first-order valence-corrected chi connectivity index (χ1v) is 9.00. The van der Waals surface area contributed by atoms with Gasteiger partial charge in [-0.05, 0) is 49.2 Å². The molecular weight excluding hydrogens is 344 g/mol. The van der Waals surface area contributed by atoms with E-state index in [-0.39, 0.29) is 18.4 Å². The maximum absolute atomic E-state index is 12.6. The summed E-state index contributed by atoms with van der Waals surface area (Å²) in [6.07, 6.45) is 0. The van der Waals surface area contributed by atoms with Gasteiger partial charge in [0.15, 0.2) is 6.61 Å². The van der Waals surface area contributed by atoms with E-state index in [4.69, 9.17) is 9.47 Å². The number of nitrogens with one attached hydrogen (secondary N) is 1. The zero-order chi connectivity index (χ0) is 19.2.